The maximum absolute atomic E-state index is 12.3. The minimum Gasteiger partial charge on any atom is -0.361 e. The Labute approximate surface area is 111 Å². The summed E-state index contributed by atoms with van der Waals surface area (Å²) in [5, 5.41) is 6.90. The second-order valence-corrected chi connectivity index (χ2v) is 4.96. The van der Waals surface area contributed by atoms with E-state index in [0.29, 0.717) is 17.0 Å². The summed E-state index contributed by atoms with van der Waals surface area (Å²) in [5.74, 6) is 0.472. The predicted molar refractivity (Wildman–Crippen MR) is 70.9 cm³/mol. The molecule has 0 saturated carbocycles. The number of benzene rings is 1. The van der Waals surface area contributed by atoms with E-state index in [9.17, 15) is 4.79 Å². The number of nitrogens with zero attached hydrogens (tertiary/aromatic N) is 1. The van der Waals surface area contributed by atoms with Gasteiger partial charge in [0.15, 0.2) is 0 Å². The summed E-state index contributed by atoms with van der Waals surface area (Å²) < 4.78 is 5.04. The molecule has 1 amide bonds. The Balaban J connectivity index is 1.82. The number of aromatic nitrogens is 1. The van der Waals surface area contributed by atoms with Crippen molar-refractivity contribution in [3.05, 3.63) is 52.4 Å². The molecule has 0 radical (unpaired) electrons. The highest BCUT2D eigenvalue weighted by atomic mass is 16.5. The molecule has 0 aliphatic heterocycles. The van der Waals surface area contributed by atoms with Gasteiger partial charge in [-0.2, -0.15) is 0 Å². The first-order chi connectivity index (χ1) is 9.16. The van der Waals surface area contributed by atoms with Gasteiger partial charge in [0.2, 0.25) is 0 Å². The van der Waals surface area contributed by atoms with Gasteiger partial charge in [0.1, 0.15) is 11.3 Å². The molecular formula is C15H16N2O2. The van der Waals surface area contributed by atoms with Gasteiger partial charge in [0.05, 0.1) is 11.7 Å². The molecule has 0 saturated heterocycles. The highest BCUT2D eigenvalue weighted by molar-refractivity contribution is 5.96. The Hall–Kier alpha value is -2.10. The van der Waals surface area contributed by atoms with Crippen LogP contribution in [0.25, 0.3) is 0 Å². The van der Waals surface area contributed by atoms with Gasteiger partial charge in [-0.15, -0.1) is 0 Å². The molecule has 0 spiro atoms. The summed E-state index contributed by atoms with van der Waals surface area (Å²) in [6.45, 7) is 3.55. The van der Waals surface area contributed by atoms with Gasteiger partial charge in [-0.3, -0.25) is 4.79 Å². The first-order valence-electron chi connectivity index (χ1n) is 6.48. The summed E-state index contributed by atoms with van der Waals surface area (Å²) >= 11 is 0. The smallest absolute Gasteiger partial charge is 0.257 e. The number of amides is 1. The largest absolute Gasteiger partial charge is 0.361 e. The van der Waals surface area contributed by atoms with E-state index in [0.717, 1.165) is 12.8 Å². The van der Waals surface area contributed by atoms with Crippen molar-refractivity contribution in [3.63, 3.8) is 0 Å². The predicted octanol–water partition coefficient (Wildman–Crippen LogP) is 2.71. The quantitative estimate of drug-likeness (QED) is 0.898. The lowest BCUT2D eigenvalue weighted by molar-refractivity contribution is 0.0934. The number of hydrogen-bond acceptors (Lipinski definition) is 3. The summed E-state index contributed by atoms with van der Waals surface area (Å²) in [6.07, 6.45) is 1.97. The fourth-order valence-corrected chi connectivity index (χ4v) is 2.74. The molecule has 1 unspecified atom stereocenters. The minimum absolute atomic E-state index is 0.0948. The molecule has 1 aromatic heterocycles. The molecule has 0 fully saturated rings. The Bertz CT molecular complexity index is 611. The molecule has 3 rings (SSSR count). The Kier molecular flexibility index (Phi) is 2.85. The first kappa shape index (κ1) is 12.0. The number of nitrogens with one attached hydrogen (secondary N) is 1. The van der Waals surface area contributed by atoms with E-state index in [1.807, 2.05) is 12.1 Å². The lowest BCUT2D eigenvalue weighted by atomic mass is 10.1. The van der Waals surface area contributed by atoms with Crippen molar-refractivity contribution in [2.45, 2.75) is 32.7 Å². The third-order valence-corrected chi connectivity index (χ3v) is 3.70. The van der Waals surface area contributed by atoms with Gasteiger partial charge >= 0.3 is 0 Å². The van der Waals surface area contributed by atoms with Crippen LogP contribution in [0.3, 0.4) is 0 Å². The topological polar surface area (TPSA) is 55.1 Å². The van der Waals surface area contributed by atoms with Gasteiger partial charge < -0.3 is 9.84 Å². The number of fused-ring (bicyclic) bond motifs is 1. The van der Waals surface area contributed by atoms with Crippen LogP contribution in [0.15, 0.2) is 28.8 Å². The zero-order valence-electron chi connectivity index (χ0n) is 11.1. The van der Waals surface area contributed by atoms with Crippen molar-refractivity contribution in [2.24, 2.45) is 0 Å². The second kappa shape index (κ2) is 4.53. The molecule has 4 nitrogen and oxygen atoms in total. The molecule has 2 aromatic rings. The average Bonchev–Trinajstić information content (AvgIpc) is 2.94. The summed E-state index contributed by atoms with van der Waals surface area (Å²) in [4.78, 5) is 12.3. The van der Waals surface area contributed by atoms with E-state index in [4.69, 9.17) is 4.52 Å². The van der Waals surface area contributed by atoms with E-state index in [-0.39, 0.29) is 11.9 Å². The van der Waals surface area contributed by atoms with Crippen molar-refractivity contribution in [1.29, 1.82) is 0 Å². The molecule has 1 aliphatic carbocycles. The van der Waals surface area contributed by atoms with Crippen LogP contribution in [-0.4, -0.2) is 11.1 Å². The van der Waals surface area contributed by atoms with Crippen molar-refractivity contribution < 1.29 is 9.32 Å². The van der Waals surface area contributed by atoms with Crippen molar-refractivity contribution in [1.82, 2.24) is 10.5 Å². The standard InChI is InChI=1S/C15H16N2O2/c1-9-14(10(2)19-17-9)15(18)16-13-8-7-11-5-3-4-6-12(11)13/h3-6,13H,7-8H2,1-2H3,(H,16,18). The molecule has 1 N–H and O–H groups in total. The Morgan fingerprint density at radius 3 is 2.89 bits per heavy atom. The molecular weight excluding hydrogens is 240 g/mol. The number of hydrogen-bond donors (Lipinski definition) is 1. The van der Waals surface area contributed by atoms with Gasteiger partial charge in [-0.1, -0.05) is 29.4 Å². The number of rotatable bonds is 2. The van der Waals surface area contributed by atoms with E-state index in [1.54, 1.807) is 13.8 Å². The second-order valence-electron chi connectivity index (χ2n) is 4.96. The lowest BCUT2D eigenvalue weighted by Gasteiger charge is -2.13. The van der Waals surface area contributed by atoms with Crippen molar-refractivity contribution >= 4 is 5.91 Å². The van der Waals surface area contributed by atoms with Crippen LogP contribution in [0.5, 0.6) is 0 Å². The van der Waals surface area contributed by atoms with Crippen LogP contribution in [-0.2, 0) is 6.42 Å². The number of carbonyl (C=O) groups is 1. The molecule has 1 heterocycles. The van der Waals surface area contributed by atoms with E-state index in [1.165, 1.54) is 11.1 Å². The fraction of sp³-hybridized carbons (Fsp3) is 0.333. The van der Waals surface area contributed by atoms with Crippen LogP contribution in [0.2, 0.25) is 0 Å². The third-order valence-electron chi connectivity index (χ3n) is 3.70. The Morgan fingerprint density at radius 1 is 1.37 bits per heavy atom. The zero-order valence-corrected chi connectivity index (χ0v) is 11.1. The van der Waals surface area contributed by atoms with Crippen LogP contribution >= 0.6 is 0 Å². The van der Waals surface area contributed by atoms with Gasteiger partial charge in [-0.05, 0) is 37.8 Å². The fourth-order valence-electron chi connectivity index (χ4n) is 2.74. The van der Waals surface area contributed by atoms with Crippen molar-refractivity contribution in [2.75, 3.05) is 0 Å². The minimum atomic E-state index is -0.0991. The molecule has 98 valence electrons. The molecule has 4 heteroatoms. The van der Waals surface area contributed by atoms with Crippen LogP contribution in [0.1, 0.15) is 45.4 Å². The third kappa shape index (κ3) is 2.03. The van der Waals surface area contributed by atoms with E-state index in [2.05, 4.69) is 22.6 Å². The first-order valence-corrected chi connectivity index (χ1v) is 6.48. The molecule has 1 aromatic carbocycles. The summed E-state index contributed by atoms with van der Waals surface area (Å²) in [7, 11) is 0. The van der Waals surface area contributed by atoms with E-state index >= 15 is 0 Å². The maximum atomic E-state index is 12.3. The lowest BCUT2D eigenvalue weighted by Crippen LogP contribution is -2.27. The van der Waals surface area contributed by atoms with Crippen LogP contribution in [0, 0.1) is 13.8 Å². The van der Waals surface area contributed by atoms with Crippen LogP contribution in [0.4, 0.5) is 0 Å². The summed E-state index contributed by atoms with van der Waals surface area (Å²) in [6, 6.07) is 8.35. The van der Waals surface area contributed by atoms with Gasteiger partial charge in [0, 0.05) is 0 Å². The SMILES string of the molecule is Cc1noc(C)c1C(=O)NC1CCc2ccccc21. The van der Waals surface area contributed by atoms with Crippen molar-refractivity contribution in [3.8, 4) is 0 Å². The zero-order chi connectivity index (χ0) is 13.4. The Morgan fingerprint density at radius 2 is 2.16 bits per heavy atom. The molecule has 1 atom stereocenters. The average molecular weight is 256 g/mol. The van der Waals surface area contributed by atoms with Gasteiger partial charge in [-0.25, -0.2) is 0 Å². The highest BCUT2D eigenvalue weighted by Gasteiger charge is 2.26. The number of aryl methyl sites for hydroxylation is 3. The molecule has 1 aliphatic rings. The maximum Gasteiger partial charge on any atom is 0.257 e. The summed E-state index contributed by atoms with van der Waals surface area (Å²) in [5.41, 5.74) is 3.75. The van der Waals surface area contributed by atoms with Crippen LogP contribution < -0.4 is 5.32 Å². The number of carbonyl (C=O) groups excluding carboxylic acids is 1. The molecule has 19 heavy (non-hydrogen) atoms. The van der Waals surface area contributed by atoms with Gasteiger partial charge in [0.25, 0.3) is 5.91 Å². The monoisotopic (exact) mass is 256 g/mol. The molecule has 0 bridgehead atoms. The highest BCUT2D eigenvalue weighted by Crippen LogP contribution is 2.31. The van der Waals surface area contributed by atoms with E-state index < -0.39 is 0 Å². The normalized spacial score (nSPS) is 17.3.